The summed E-state index contributed by atoms with van der Waals surface area (Å²) in [5.41, 5.74) is 2.84. The first-order valence-electron chi connectivity index (χ1n) is 6.09. The van der Waals surface area contributed by atoms with Gasteiger partial charge in [-0.25, -0.2) is 0 Å². The minimum Gasteiger partial charge on any atom is -0.496 e. The third-order valence-electron chi connectivity index (χ3n) is 2.98. The Balaban J connectivity index is 2.18. The molecule has 0 aliphatic heterocycles. The van der Waals surface area contributed by atoms with Crippen LogP contribution in [0.25, 0.3) is 0 Å². The molecule has 3 nitrogen and oxygen atoms in total. The van der Waals surface area contributed by atoms with Crippen molar-refractivity contribution < 1.29 is 9.53 Å². The predicted octanol–water partition coefficient (Wildman–Crippen LogP) is 3.56. The lowest BCUT2D eigenvalue weighted by atomic mass is 10.0. The van der Waals surface area contributed by atoms with E-state index in [9.17, 15) is 4.79 Å². The Kier molecular flexibility index (Phi) is 4.22. The molecule has 0 aliphatic carbocycles. The Morgan fingerprint density at radius 3 is 2.79 bits per heavy atom. The third kappa shape index (κ3) is 3.15. The molecule has 0 spiro atoms. The number of methoxy groups -OCH3 is 1. The first-order valence-corrected chi connectivity index (χ1v) is 7.03. The monoisotopic (exact) mass is 275 g/mol. The van der Waals surface area contributed by atoms with Gasteiger partial charge in [-0.1, -0.05) is 17.7 Å². The van der Waals surface area contributed by atoms with Gasteiger partial charge >= 0.3 is 0 Å². The van der Waals surface area contributed by atoms with Crippen molar-refractivity contribution in [2.75, 3.05) is 7.11 Å². The highest BCUT2D eigenvalue weighted by Crippen LogP contribution is 2.26. The summed E-state index contributed by atoms with van der Waals surface area (Å²) >= 11 is 1.52. The molecule has 0 radical (unpaired) electrons. The van der Waals surface area contributed by atoms with Gasteiger partial charge in [-0.2, -0.15) is 11.3 Å². The zero-order valence-corrected chi connectivity index (χ0v) is 12.1. The molecule has 0 saturated carbocycles. The fourth-order valence-electron chi connectivity index (χ4n) is 1.94. The molecule has 1 aromatic carbocycles. The quantitative estimate of drug-likeness (QED) is 0.926. The van der Waals surface area contributed by atoms with Gasteiger partial charge in [0.1, 0.15) is 5.75 Å². The van der Waals surface area contributed by atoms with Crippen molar-refractivity contribution in [3.05, 3.63) is 51.7 Å². The second-order valence-electron chi connectivity index (χ2n) is 4.45. The van der Waals surface area contributed by atoms with E-state index in [1.807, 2.05) is 48.9 Å². The van der Waals surface area contributed by atoms with Gasteiger partial charge in [0.25, 0.3) is 5.91 Å². The van der Waals surface area contributed by atoms with Gasteiger partial charge < -0.3 is 10.1 Å². The van der Waals surface area contributed by atoms with E-state index in [0.29, 0.717) is 5.56 Å². The van der Waals surface area contributed by atoms with E-state index in [1.165, 1.54) is 11.3 Å². The maximum Gasteiger partial charge on any atom is 0.252 e. The molecular weight excluding hydrogens is 258 g/mol. The number of carbonyl (C=O) groups excluding carboxylic acids is 1. The Morgan fingerprint density at radius 1 is 1.37 bits per heavy atom. The fourth-order valence-corrected chi connectivity index (χ4v) is 2.58. The molecule has 4 heteroatoms. The van der Waals surface area contributed by atoms with Gasteiger partial charge in [0.05, 0.1) is 18.7 Å². The number of thiophene rings is 1. The molecule has 100 valence electrons. The van der Waals surface area contributed by atoms with Crippen molar-refractivity contribution in [3.63, 3.8) is 0 Å². The zero-order chi connectivity index (χ0) is 13.8. The summed E-state index contributed by atoms with van der Waals surface area (Å²) < 4.78 is 5.34. The standard InChI is InChI=1S/C15H17NO2S/c1-10-4-5-14(18-3)13(8-10)11(2)16-15(17)12-6-7-19-9-12/h4-9,11H,1-3H3,(H,16,17)/t11-/m1/s1. The number of aryl methyl sites for hydroxylation is 1. The molecule has 1 amide bonds. The molecular formula is C15H17NO2S. The highest BCUT2D eigenvalue weighted by Gasteiger charge is 2.15. The lowest BCUT2D eigenvalue weighted by Gasteiger charge is -2.17. The van der Waals surface area contributed by atoms with Gasteiger partial charge in [0, 0.05) is 10.9 Å². The van der Waals surface area contributed by atoms with Crippen LogP contribution < -0.4 is 10.1 Å². The predicted molar refractivity (Wildman–Crippen MR) is 77.9 cm³/mol. The summed E-state index contributed by atoms with van der Waals surface area (Å²) in [6, 6.07) is 7.69. The molecule has 2 rings (SSSR count). The summed E-state index contributed by atoms with van der Waals surface area (Å²) in [6.07, 6.45) is 0. The topological polar surface area (TPSA) is 38.3 Å². The first kappa shape index (κ1) is 13.6. The Morgan fingerprint density at radius 2 is 2.16 bits per heavy atom. The average Bonchev–Trinajstić information content (AvgIpc) is 2.92. The van der Waals surface area contributed by atoms with Gasteiger partial charge in [0.2, 0.25) is 0 Å². The van der Waals surface area contributed by atoms with Gasteiger partial charge in [-0.05, 0) is 31.4 Å². The van der Waals surface area contributed by atoms with E-state index in [1.54, 1.807) is 7.11 Å². The highest BCUT2D eigenvalue weighted by molar-refractivity contribution is 7.08. The summed E-state index contributed by atoms with van der Waals surface area (Å²) in [6.45, 7) is 3.98. The number of hydrogen-bond donors (Lipinski definition) is 1. The van der Waals surface area contributed by atoms with E-state index in [2.05, 4.69) is 5.32 Å². The second-order valence-corrected chi connectivity index (χ2v) is 5.23. The summed E-state index contributed by atoms with van der Waals surface area (Å²) in [5, 5.41) is 6.73. The van der Waals surface area contributed by atoms with Crippen LogP contribution in [-0.4, -0.2) is 13.0 Å². The van der Waals surface area contributed by atoms with Crippen LogP contribution in [0.5, 0.6) is 5.75 Å². The van der Waals surface area contributed by atoms with Crippen molar-refractivity contribution in [1.29, 1.82) is 0 Å². The highest BCUT2D eigenvalue weighted by atomic mass is 32.1. The van der Waals surface area contributed by atoms with Crippen molar-refractivity contribution in [2.24, 2.45) is 0 Å². The largest absolute Gasteiger partial charge is 0.496 e. The van der Waals surface area contributed by atoms with Gasteiger partial charge in [0.15, 0.2) is 0 Å². The van der Waals surface area contributed by atoms with Crippen molar-refractivity contribution >= 4 is 17.2 Å². The molecule has 19 heavy (non-hydrogen) atoms. The number of ether oxygens (including phenoxy) is 1. The number of amides is 1. The summed E-state index contributed by atoms with van der Waals surface area (Å²) in [7, 11) is 1.64. The van der Waals surface area contributed by atoms with E-state index in [4.69, 9.17) is 4.74 Å². The first-order chi connectivity index (χ1) is 9.11. The number of benzene rings is 1. The molecule has 1 aromatic heterocycles. The van der Waals surface area contributed by atoms with E-state index in [0.717, 1.165) is 16.9 Å². The van der Waals surface area contributed by atoms with E-state index < -0.39 is 0 Å². The maximum absolute atomic E-state index is 12.0. The van der Waals surface area contributed by atoms with E-state index >= 15 is 0 Å². The van der Waals surface area contributed by atoms with Crippen LogP contribution in [0.1, 0.15) is 34.5 Å². The second kappa shape index (κ2) is 5.89. The molecule has 0 unspecified atom stereocenters. The maximum atomic E-state index is 12.0. The number of hydrogen-bond acceptors (Lipinski definition) is 3. The van der Waals surface area contributed by atoms with Crippen LogP contribution in [0.2, 0.25) is 0 Å². The molecule has 1 atom stereocenters. The summed E-state index contributed by atoms with van der Waals surface area (Å²) in [4.78, 5) is 12.0. The van der Waals surface area contributed by atoms with Crippen molar-refractivity contribution in [2.45, 2.75) is 19.9 Å². The van der Waals surface area contributed by atoms with Crippen LogP contribution in [0.4, 0.5) is 0 Å². The fraction of sp³-hybridized carbons (Fsp3) is 0.267. The normalized spacial score (nSPS) is 11.9. The molecule has 1 N–H and O–H groups in total. The number of nitrogens with one attached hydrogen (secondary N) is 1. The smallest absolute Gasteiger partial charge is 0.252 e. The van der Waals surface area contributed by atoms with Crippen LogP contribution in [-0.2, 0) is 0 Å². The zero-order valence-electron chi connectivity index (χ0n) is 11.3. The Bertz CT molecular complexity index is 564. The van der Waals surface area contributed by atoms with Crippen molar-refractivity contribution in [3.8, 4) is 5.75 Å². The van der Waals surface area contributed by atoms with Gasteiger partial charge in [-0.15, -0.1) is 0 Å². The molecule has 2 aromatic rings. The Labute approximate surface area is 117 Å². The summed E-state index contributed by atoms with van der Waals surface area (Å²) in [5.74, 6) is 0.737. The molecule has 0 fully saturated rings. The molecule has 0 bridgehead atoms. The minimum atomic E-state index is -0.0951. The lowest BCUT2D eigenvalue weighted by molar-refractivity contribution is 0.0940. The number of carbonyl (C=O) groups is 1. The van der Waals surface area contributed by atoms with Crippen LogP contribution in [0.15, 0.2) is 35.0 Å². The van der Waals surface area contributed by atoms with Crippen LogP contribution in [0, 0.1) is 6.92 Å². The number of rotatable bonds is 4. The SMILES string of the molecule is COc1ccc(C)cc1[C@@H](C)NC(=O)c1ccsc1. The van der Waals surface area contributed by atoms with Gasteiger partial charge in [-0.3, -0.25) is 4.79 Å². The third-order valence-corrected chi connectivity index (χ3v) is 3.67. The Hall–Kier alpha value is -1.81. The molecule has 1 heterocycles. The van der Waals surface area contributed by atoms with Crippen molar-refractivity contribution in [1.82, 2.24) is 5.32 Å². The van der Waals surface area contributed by atoms with Crippen LogP contribution >= 0.6 is 11.3 Å². The van der Waals surface area contributed by atoms with Crippen LogP contribution in [0.3, 0.4) is 0 Å². The molecule has 0 aliphatic rings. The average molecular weight is 275 g/mol. The minimum absolute atomic E-state index is 0.0580. The van der Waals surface area contributed by atoms with E-state index in [-0.39, 0.29) is 11.9 Å². The molecule has 0 saturated heterocycles. The lowest BCUT2D eigenvalue weighted by Crippen LogP contribution is -2.26.